The van der Waals surface area contributed by atoms with Crippen molar-refractivity contribution in [1.82, 2.24) is 0 Å². The molecule has 0 N–H and O–H groups in total. The van der Waals surface area contributed by atoms with Crippen LogP contribution in [0.5, 0.6) is 0 Å². The third-order valence-corrected chi connectivity index (χ3v) is 5.44. The van der Waals surface area contributed by atoms with Gasteiger partial charge in [0.15, 0.2) is 0 Å². The van der Waals surface area contributed by atoms with E-state index in [1.807, 2.05) is 0 Å². The summed E-state index contributed by atoms with van der Waals surface area (Å²) in [6.45, 7) is 2.92. The van der Waals surface area contributed by atoms with E-state index in [0.717, 1.165) is 6.42 Å². The predicted octanol–water partition coefficient (Wildman–Crippen LogP) is 7.20. The summed E-state index contributed by atoms with van der Waals surface area (Å²) in [5.41, 5.74) is 0. The Labute approximate surface area is 151 Å². The predicted molar refractivity (Wildman–Crippen MR) is 103 cm³/mol. The molecule has 1 saturated carbocycles. The van der Waals surface area contributed by atoms with Gasteiger partial charge in [-0.2, -0.15) is 0 Å². The molecule has 1 aliphatic carbocycles. The highest BCUT2D eigenvalue weighted by Crippen LogP contribution is 2.26. The average Bonchev–Trinajstić information content (AvgIpc) is 2.60. The number of esters is 1. The number of carbonyl (C=O) groups is 1. The smallest absolute Gasteiger partial charge is 0.306 e. The molecule has 1 aliphatic rings. The van der Waals surface area contributed by atoms with E-state index in [4.69, 9.17) is 4.74 Å². The summed E-state index contributed by atoms with van der Waals surface area (Å²) >= 11 is 0. The van der Waals surface area contributed by atoms with Crippen LogP contribution >= 0.6 is 0 Å². The van der Waals surface area contributed by atoms with Crippen molar-refractivity contribution in [3.63, 3.8) is 0 Å². The number of rotatable bonds is 15. The zero-order valence-corrected chi connectivity index (χ0v) is 16.3. The average molecular weight is 339 g/mol. The van der Waals surface area contributed by atoms with Gasteiger partial charge in [-0.15, -0.1) is 0 Å². The minimum absolute atomic E-state index is 0.0463. The summed E-state index contributed by atoms with van der Waals surface area (Å²) in [5, 5.41) is 0. The molecule has 0 aliphatic heterocycles. The zero-order chi connectivity index (χ0) is 17.3. The lowest BCUT2D eigenvalue weighted by atomic mass is 9.87. The van der Waals surface area contributed by atoms with Gasteiger partial charge in [0.05, 0.1) is 6.61 Å². The van der Waals surface area contributed by atoms with Crippen molar-refractivity contribution < 1.29 is 9.53 Å². The minimum Gasteiger partial charge on any atom is -0.466 e. The molecule has 0 saturated heterocycles. The van der Waals surface area contributed by atoms with E-state index in [1.165, 1.54) is 103 Å². The molecule has 0 unspecified atom stereocenters. The molecule has 142 valence electrons. The lowest BCUT2D eigenvalue weighted by molar-refractivity contribution is -0.145. The van der Waals surface area contributed by atoms with Gasteiger partial charge >= 0.3 is 5.97 Å². The van der Waals surface area contributed by atoms with Crippen molar-refractivity contribution >= 4 is 5.97 Å². The van der Waals surface area contributed by atoms with Gasteiger partial charge in [-0.05, 0) is 25.2 Å². The van der Waals surface area contributed by atoms with Gasteiger partial charge in [0.25, 0.3) is 0 Å². The molecule has 0 aromatic carbocycles. The number of ether oxygens (including phenoxy) is 1. The van der Waals surface area contributed by atoms with Crippen LogP contribution in [0.3, 0.4) is 0 Å². The molecule has 0 bridgehead atoms. The molecule has 0 heterocycles. The van der Waals surface area contributed by atoms with Crippen LogP contribution < -0.4 is 0 Å². The van der Waals surface area contributed by atoms with Crippen LogP contribution in [-0.2, 0) is 9.53 Å². The number of hydrogen-bond acceptors (Lipinski definition) is 2. The fourth-order valence-corrected chi connectivity index (χ4v) is 3.81. The first-order chi connectivity index (χ1) is 11.8. The van der Waals surface area contributed by atoms with E-state index in [2.05, 4.69) is 6.92 Å². The highest BCUT2D eigenvalue weighted by molar-refractivity contribution is 5.69. The molecule has 0 aromatic rings. The van der Waals surface area contributed by atoms with Gasteiger partial charge in [0, 0.05) is 6.42 Å². The van der Waals surface area contributed by atoms with E-state index >= 15 is 0 Å². The fourth-order valence-electron chi connectivity index (χ4n) is 3.81. The monoisotopic (exact) mass is 338 g/mol. The molecule has 2 heteroatoms. The Hall–Kier alpha value is -0.530. The summed E-state index contributed by atoms with van der Waals surface area (Å²) in [7, 11) is 0. The maximum absolute atomic E-state index is 11.8. The van der Waals surface area contributed by atoms with Crippen molar-refractivity contribution in [2.24, 2.45) is 5.92 Å². The van der Waals surface area contributed by atoms with Gasteiger partial charge in [-0.3, -0.25) is 4.79 Å². The summed E-state index contributed by atoms with van der Waals surface area (Å²) in [4.78, 5) is 11.8. The van der Waals surface area contributed by atoms with Crippen LogP contribution in [0.1, 0.15) is 122 Å². The van der Waals surface area contributed by atoms with Crippen molar-refractivity contribution in [3.8, 4) is 0 Å². The van der Waals surface area contributed by atoms with Crippen molar-refractivity contribution in [3.05, 3.63) is 0 Å². The highest BCUT2D eigenvalue weighted by Gasteiger charge is 2.17. The SMILES string of the molecule is CCCCCCCCCCCCCCOC(=O)CC1CCCCC1. The largest absolute Gasteiger partial charge is 0.466 e. The van der Waals surface area contributed by atoms with Crippen molar-refractivity contribution in [1.29, 1.82) is 0 Å². The minimum atomic E-state index is 0.0463. The first-order valence-electron chi connectivity index (χ1n) is 11.0. The van der Waals surface area contributed by atoms with Gasteiger partial charge < -0.3 is 4.74 Å². The van der Waals surface area contributed by atoms with Crippen molar-refractivity contribution in [2.75, 3.05) is 6.61 Å². The topological polar surface area (TPSA) is 26.3 Å². The second-order valence-corrected chi connectivity index (χ2v) is 7.82. The van der Waals surface area contributed by atoms with E-state index in [-0.39, 0.29) is 5.97 Å². The van der Waals surface area contributed by atoms with Gasteiger partial charge in [-0.1, -0.05) is 96.8 Å². The van der Waals surface area contributed by atoms with Crippen LogP contribution in [0.15, 0.2) is 0 Å². The first-order valence-corrected chi connectivity index (χ1v) is 11.0. The maximum Gasteiger partial charge on any atom is 0.306 e. The fraction of sp³-hybridized carbons (Fsp3) is 0.955. The third kappa shape index (κ3) is 12.8. The molecule has 1 fully saturated rings. The Morgan fingerprint density at radius 3 is 1.79 bits per heavy atom. The molecule has 0 amide bonds. The first kappa shape index (κ1) is 21.5. The Morgan fingerprint density at radius 1 is 0.750 bits per heavy atom. The number of unbranched alkanes of at least 4 members (excludes halogenated alkanes) is 11. The quantitative estimate of drug-likeness (QED) is 0.233. The Bertz CT molecular complexity index is 282. The van der Waals surface area contributed by atoms with Crippen LogP contribution in [0.25, 0.3) is 0 Å². The van der Waals surface area contributed by atoms with Crippen molar-refractivity contribution in [2.45, 2.75) is 122 Å². The number of carbonyl (C=O) groups excluding carboxylic acids is 1. The maximum atomic E-state index is 11.8. The standard InChI is InChI=1S/C22H42O2/c1-2-3-4-5-6-7-8-9-10-11-12-16-19-24-22(23)20-21-17-14-13-15-18-21/h21H,2-20H2,1H3. The third-order valence-electron chi connectivity index (χ3n) is 5.44. The van der Waals surface area contributed by atoms with Crippen LogP contribution in [0, 0.1) is 5.92 Å². The lowest BCUT2D eigenvalue weighted by Gasteiger charge is -2.20. The molecule has 0 atom stereocenters. The summed E-state index contributed by atoms with van der Waals surface area (Å²) in [6, 6.07) is 0. The lowest BCUT2D eigenvalue weighted by Crippen LogP contribution is -2.14. The molecule has 0 radical (unpaired) electrons. The summed E-state index contributed by atoms with van der Waals surface area (Å²) in [5.74, 6) is 0.651. The Kier molecular flexibility index (Phi) is 14.3. The van der Waals surface area contributed by atoms with Crippen LogP contribution in [0.2, 0.25) is 0 Å². The molecule has 2 nitrogen and oxygen atoms in total. The highest BCUT2D eigenvalue weighted by atomic mass is 16.5. The molecular weight excluding hydrogens is 296 g/mol. The zero-order valence-electron chi connectivity index (χ0n) is 16.3. The molecular formula is C22H42O2. The number of hydrogen-bond donors (Lipinski definition) is 0. The second-order valence-electron chi connectivity index (χ2n) is 7.82. The molecule has 1 rings (SSSR count). The second kappa shape index (κ2) is 16.0. The Balaban J connectivity index is 1.76. The summed E-state index contributed by atoms with van der Waals surface area (Å²) < 4.78 is 5.40. The molecule has 24 heavy (non-hydrogen) atoms. The van der Waals surface area contributed by atoms with Gasteiger partial charge in [-0.25, -0.2) is 0 Å². The van der Waals surface area contributed by atoms with E-state index < -0.39 is 0 Å². The normalized spacial score (nSPS) is 15.5. The summed E-state index contributed by atoms with van der Waals surface area (Å²) in [6.07, 6.45) is 23.2. The van der Waals surface area contributed by atoms with E-state index in [0.29, 0.717) is 18.9 Å². The van der Waals surface area contributed by atoms with Crippen LogP contribution in [-0.4, -0.2) is 12.6 Å². The van der Waals surface area contributed by atoms with E-state index in [1.54, 1.807) is 0 Å². The molecule has 0 aromatic heterocycles. The van der Waals surface area contributed by atoms with Crippen LogP contribution in [0.4, 0.5) is 0 Å². The Morgan fingerprint density at radius 2 is 1.25 bits per heavy atom. The van der Waals surface area contributed by atoms with Gasteiger partial charge in [0.2, 0.25) is 0 Å². The van der Waals surface area contributed by atoms with Gasteiger partial charge in [0.1, 0.15) is 0 Å². The molecule has 0 spiro atoms. The van der Waals surface area contributed by atoms with E-state index in [9.17, 15) is 4.79 Å².